The molecule has 0 radical (unpaired) electrons. The first-order valence-corrected chi connectivity index (χ1v) is 9.21. The Morgan fingerprint density at radius 1 is 1.00 bits per heavy atom. The fourth-order valence-electron chi connectivity index (χ4n) is 3.08. The van der Waals surface area contributed by atoms with Gasteiger partial charge in [0, 0.05) is 50.3 Å². The number of aliphatic hydroxyl groups is 1. The van der Waals surface area contributed by atoms with Crippen LogP contribution in [0.25, 0.3) is 22.5 Å². The summed E-state index contributed by atoms with van der Waals surface area (Å²) in [5.74, 6) is 0.0722. The third-order valence-corrected chi connectivity index (χ3v) is 4.98. The van der Waals surface area contributed by atoms with Crippen molar-refractivity contribution >= 4 is 23.2 Å². The van der Waals surface area contributed by atoms with E-state index in [0.717, 1.165) is 0 Å². The summed E-state index contributed by atoms with van der Waals surface area (Å²) < 4.78 is 19.2. The lowest BCUT2D eigenvalue weighted by atomic mass is 9.93. The predicted octanol–water partition coefficient (Wildman–Crippen LogP) is 6.54. The minimum absolute atomic E-state index is 0.356. The zero-order valence-corrected chi connectivity index (χ0v) is 16.0. The third-order valence-electron chi connectivity index (χ3n) is 4.43. The van der Waals surface area contributed by atoms with Crippen LogP contribution in [0.2, 0.25) is 10.0 Å². The van der Waals surface area contributed by atoms with Crippen molar-refractivity contribution in [1.29, 1.82) is 0 Å². The lowest BCUT2D eigenvalue weighted by Crippen LogP contribution is -2.02. The molecular formula is C22H14Cl2FNO2. The number of rotatable bonds is 4. The van der Waals surface area contributed by atoms with Crippen LogP contribution in [0.3, 0.4) is 0 Å². The monoisotopic (exact) mass is 413 g/mol. The molecular weight excluding hydrogens is 400 g/mol. The average molecular weight is 414 g/mol. The first-order valence-electron chi connectivity index (χ1n) is 8.45. The van der Waals surface area contributed by atoms with Crippen molar-refractivity contribution in [2.24, 2.45) is 0 Å². The SMILES string of the molecule is OC(c1cccnc1)c1c(-c2ccc(Cl)cc2Cl)coc1-c1ccc(F)cc1. The average Bonchev–Trinajstić information content (AvgIpc) is 3.13. The van der Waals surface area contributed by atoms with E-state index in [2.05, 4.69) is 4.98 Å². The second-order valence-electron chi connectivity index (χ2n) is 6.21. The molecule has 0 aliphatic heterocycles. The van der Waals surface area contributed by atoms with Crippen LogP contribution >= 0.6 is 23.2 Å². The topological polar surface area (TPSA) is 46.3 Å². The highest BCUT2D eigenvalue weighted by molar-refractivity contribution is 6.36. The second-order valence-corrected chi connectivity index (χ2v) is 7.06. The highest BCUT2D eigenvalue weighted by Gasteiger charge is 2.25. The zero-order valence-electron chi connectivity index (χ0n) is 14.4. The van der Waals surface area contributed by atoms with Crippen LogP contribution < -0.4 is 0 Å². The molecule has 2 heterocycles. The maximum Gasteiger partial charge on any atom is 0.140 e. The van der Waals surface area contributed by atoms with E-state index in [1.165, 1.54) is 18.4 Å². The number of nitrogens with zero attached hydrogens (tertiary/aromatic N) is 1. The summed E-state index contributed by atoms with van der Waals surface area (Å²) in [7, 11) is 0. The van der Waals surface area contributed by atoms with E-state index in [1.807, 2.05) is 0 Å². The molecule has 4 rings (SSSR count). The molecule has 0 saturated carbocycles. The van der Waals surface area contributed by atoms with Gasteiger partial charge in [0.2, 0.25) is 0 Å². The van der Waals surface area contributed by atoms with E-state index in [4.69, 9.17) is 27.6 Å². The molecule has 4 aromatic rings. The van der Waals surface area contributed by atoms with Gasteiger partial charge in [-0.25, -0.2) is 4.39 Å². The molecule has 140 valence electrons. The van der Waals surface area contributed by atoms with E-state index >= 15 is 0 Å². The van der Waals surface area contributed by atoms with Gasteiger partial charge in [0.15, 0.2) is 0 Å². The molecule has 1 unspecified atom stereocenters. The van der Waals surface area contributed by atoms with Gasteiger partial charge in [0.1, 0.15) is 17.7 Å². The highest BCUT2D eigenvalue weighted by Crippen LogP contribution is 2.43. The van der Waals surface area contributed by atoms with Crippen LogP contribution in [0.1, 0.15) is 17.2 Å². The summed E-state index contributed by atoms with van der Waals surface area (Å²) in [6.45, 7) is 0. The summed E-state index contributed by atoms with van der Waals surface area (Å²) in [6, 6.07) is 14.5. The first kappa shape index (κ1) is 18.7. The van der Waals surface area contributed by atoms with E-state index in [9.17, 15) is 9.50 Å². The molecule has 0 bridgehead atoms. The Morgan fingerprint density at radius 3 is 2.46 bits per heavy atom. The molecule has 2 aromatic carbocycles. The van der Waals surface area contributed by atoms with Crippen LogP contribution in [-0.2, 0) is 0 Å². The lowest BCUT2D eigenvalue weighted by Gasteiger charge is -2.14. The van der Waals surface area contributed by atoms with Gasteiger partial charge in [-0.3, -0.25) is 4.98 Å². The maximum atomic E-state index is 13.4. The summed E-state index contributed by atoms with van der Waals surface area (Å²) in [5, 5.41) is 12.1. The van der Waals surface area contributed by atoms with Crippen LogP contribution in [0.15, 0.2) is 77.7 Å². The van der Waals surface area contributed by atoms with Crippen LogP contribution in [-0.4, -0.2) is 10.1 Å². The number of aromatic nitrogens is 1. The predicted molar refractivity (Wildman–Crippen MR) is 108 cm³/mol. The fraction of sp³-hybridized carbons (Fsp3) is 0.0455. The number of aliphatic hydroxyl groups excluding tert-OH is 1. The van der Waals surface area contributed by atoms with Gasteiger partial charge < -0.3 is 9.52 Å². The van der Waals surface area contributed by atoms with Crippen molar-refractivity contribution in [3.63, 3.8) is 0 Å². The first-order chi connectivity index (χ1) is 13.5. The third kappa shape index (κ3) is 3.54. The van der Waals surface area contributed by atoms with Gasteiger partial charge in [-0.1, -0.05) is 35.3 Å². The number of furan rings is 1. The molecule has 1 N–H and O–H groups in total. The van der Waals surface area contributed by atoms with E-state index in [-0.39, 0.29) is 5.82 Å². The van der Waals surface area contributed by atoms with Crippen molar-refractivity contribution < 1.29 is 13.9 Å². The summed E-state index contributed by atoms with van der Waals surface area (Å²) in [4.78, 5) is 4.08. The smallest absolute Gasteiger partial charge is 0.140 e. The minimum atomic E-state index is -1.02. The van der Waals surface area contributed by atoms with E-state index in [0.29, 0.717) is 43.6 Å². The van der Waals surface area contributed by atoms with Crippen molar-refractivity contribution in [2.45, 2.75) is 6.10 Å². The Labute approximate surface area is 171 Å². The zero-order chi connectivity index (χ0) is 19.7. The van der Waals surface area contributed by atoms with Gasteiger partial charge in [0.25, 0.3) is 0 Å². The van der Waals surface area contributed by atoms with Gasteiger partial charge in [0.05, 0.1) is 6.26 Å². The van der Waals surface area contributed by atoms with Crippen molar-refractivity contribution in [1.82, 2.24) is 4.98 Å². The lowest BCUT2D eigenvalue weighted by molar-refractivity contribution is 0.220. The molecule has 1 atom stereocenters. The molecule has 2 aromatic heterocycles. The Hall–Kier alpha value is -2.66. The van der Waals surface area contributed by atoms with E-state index in [1.54, 1.807) is 54.9 Å². The maximum absolute atomic E-state index is 13.4. The van der Waals surface area contributed by atoms with Crippen LogP contribution in [0, 0.1) is 5.82 Å². The quantitative estimate of drug-likeness (QED) is 0.413. The highest BCUT2D eigenvalue weighted by atomic mass is 35.5. The van der Waals surface area contributed by atoms with Crippen LogP contribution in [0.4, 0.5) is 4.39 Å². The number of halogens is 3. The molecule has 3 nitrogen and oxygen atoms in total. The van der Waals surface area contributed by atoms with Crippen molar-refractivity contribution in [3.05, 3.63) is 100 Å². The van der Waals surface area contributed by atoms with Gasteiger partial charge >= 0.3 is 0 Å². The number of hydrogen-bond donors (Lipinski definition) is 1. The fourth-order valence-corrected chi connectivity index (χ4v) is 3.59. The molecule has 0 saturated heterocycles. The minimum Gasteiger partial charge on any atom is -0.463 e. The largest absolute Gasteiger partial charge is 0.463 e. The molecule has 0 amide bonds. The summed E-state index contributed by atoms with van der Waals surface area (Å²) in [6.07, 6.45) is 3.72. The molecule has 0 fully saturated rings. The molecule has 0 aliphatic carbocycles. The van der Waals surface area contributed by atoms with Crippen molar-refractivity contribution in [3.8, 4) is 22.5 Å². The molecule has 0 spiro atoms. The second kappa shape index (κ2) is 7.76. The van der Waals surface area contributed by atoms with Gasteiger partial charge in [-0.05, 0) is 42.5 Å². The molecule has 6 heteroatoms. The summed E-state index contributed by atoms with van der Waals surface area (Å²) in [5.41, 5.74) is 3.04. The number of benzene rings is 2. The van der Waals surface area contributed by atoms with Crippen LogP contribution in [0.5, 0.6) is 0 Å². The van der Waals surface area contributed by atoms with Gasteiger partial charge in [-0.15, -0.1) is 0 Å². The molecule has 28 heavy (non-hydrogen) atoms. The normalized spacial score (nSPS) is 12.1. The van der Waals surface area contributed by atoms with Gasteiger partial charge in [-0.2, -0.15) is 0 Å². The van der Waals surface area contributed by atoms with Crippen molar-refractivity contribution in [2.75, 3.05) is 0 Å². The Bertz CT molecular complexity index is 1110. The summed E-state index contributed by atoms with van der Waals surface area (Å²) >= 11 is 12.4. The number of pyridine rings is 1. The Kier molecular flexibility index (Phi) is 5.18. The Balaban J connectivity index is 1.93. The Morgan fingerprint density at radius 2 is 1.79 bits per heavy atom. The molecule has 0 aliphatic rings. The standard InChI is InChI=1S/C22H14Cl2FNO2/c23-15-5-8-17(19(24)10-15)18-12-28-22(13-3-6-16(25)7-4-13)20(18)21(27)14-2-1-9-26-11-14/h1-12,21,27H. The number of hydrogen-bond acceptors (Lipinski definition) is 3. The van der Waals surface area contributed by atoms with E-state index < -0.39 is 6.10 Å².